The Morgan fingerprint density at radius 3 is 2.65 bits per heavy atom. The molecule has 1 unspecified atom stereocenters. The van der Waals surface area contributed by atoms with Crippen molar-refractivity contribution in [1.82, 2.24) is 9.97 Å². The Kier molecular flexibility index (Phi) is 5.59. The Hall–Kier alpha value is -1.36. The van der Waals surface area contributed by atoms with E-state index in [1.54, 1.807) is 6.33 Å². The van der Waals surface area contributed by atoms with E-state index in [9.17, 15) is 0 Å². The minimum atomic E-state index is 0.385. The third-order valence-electron chi connectivity index (χ3n) is 3.62. The molecule has 1 aliphatic rings. The summed E-state index contributed by atoms with van der Waals surface area (Å²) in [5.74, 6) is 2.87. The summed E-state index contributed by atoms with van der Waals surface area (Å²) in [6, 6.07) is 0. The van der Waals surface area contributed by atoms with E-state index in [0.717, 1.165) is 44.4 Å². The monoisotopic (exact) mass is 278 g/mol. The Balaban J connectivity index is 2.07. The third-order valence-corrected chi connectivity index (χ3v) is 3.62. The van der Waals surface area contributed by atoms with Gasteiger partial charge in [0.25, 0.3) is 0 Å². The van der Waals surface area contributed by atoms with Gasteiger partial charge in [-0.1, -0.05) is 13.8 Å². The SMILES string of the molecule is CCNc1ncnc(NCC2CCCOC2)c1C(C)C. The molecule has 1 saturated heterocycles. The number of hydrogen-bond acceptors (Lipinski definition) is 5. The van der Waals surface area contributed by atoms with Gasteiger partial charge in [-0.15, -0.1) is 0 Å². The molecule has 5 nitrogen and oxygen atoms in total. The number of ether oxygens (including phenoxy) is 1. The van der Waals surface area contributed by atoms with Gasteiger partial charge in [0.05, 0.1) is 6.61 Å². The van der Waals surface area contributed by atoms with E-state index in [2.05, 4.69) is 41.4 Å². The maximum absolute atomic E-state index is 5.53. The van der Waals surface area contributed by atoms with Crippen LogP contribution in [0.15, 0.2) is 6.33 Å². The number of anilines is 2. The van der Waals surface area contributed by atoms with Crippen LogP contribution in [0.5, 0.6) is 0 Å². The highest BCUT2D eigenvalue weighted by Crippen LogP contribution is 2.28. The summed E-state index contributed by atoms with van der Waals surface area (Å²) in [6.45, 7) is 9.98. The molecule has 0 bridgehead atoms. The van der Waals surface area contributed by atoms with E-state index in [1.807, 2.05) is 0 Å². The van der Waals surface area contributed by atoms with Crippen LogP contribution >= 0.6 is 0 Å². The van der Waals surface area contributed by atoms with E-state index >= 15 is 0 Å². The first kappa shape index (κ1) is 15.0. The lowest BCUT2D eigenvalue weighted by Crippen LogP contribution is -2.25. The van der Waals surface area contributed by atoms with Crippen LogP contribution < -0.4 is 10.6 Å². The van der Waals surface area contributed by atoms with Crippen molar-refractivity contribution in [3.05, 3.63) is 11.9 Å². The highest BCUT2D eigenvalue weighted by molar-refractivity contribution is 5.58. The van der Waals surface area contributed by atoms with E-state index in [-0.39, 0.29) is 0 Å². The van der Waals surface area contributed by atoms with Crippen LogP contribution in [-0.2, 0) is 4.74 Å². The predicted octanol–water partition coefficient (Wildman–Crippen LogP) is 2.87. The van der Waals surface area contributed by atoms with Crippen molar-refractivity contribution in [2.24, 2.45) is 5.92 Å². The zero-order valence-electron chi connectivity index (χ0n) is 12.8. The smallest absolute Gasteiger partial charge is 0.134 e. The summed E-state index contributed by atoms with van der Waals surface area (Å²) in [6.07, 6.45) is 4.02. The van der Waals surface area contributed by atoms with Gasteiger partial charge < -0.3 is 15.4 Å². The van der Waals surface area contributed by atoms with Crippen molar-refractivity contribution < 1.29 is 4.74 Å². The molecule has 1 fully saturated rings. The predicted molar refractivity (Wildman–Crippen MR) is 82.3 cm³/mol. The van der Waals surface area contributed by atoms with Crippen molar-refractivity contribution in [3.63, 3.8) is 0 Å². The summed E-state index contributed by atoms with van der Waals surface area (Å²) >= 11 is 0. The van der Waals surface area contributed by atoms with Crippen LogP contribution in [0.1, 0.15) is 45.1 Å². The van der Waals surface area contributed by atoms with Crippen molar-refractivity contribution in [2.45, 2.75) is 39.5 Å². The van der Waals surface area contributed by atoms with Crippen LogP contribution in [-0.4, -0.2) is 36.3 Å². The molecular formula is C15H26N4O. The van der Waals surface area contributed by atoms with E-state index in [0.29, 0.717) is 11.8 Å². The van der Waals surface area contributed by atoms with Crippen molar-refractivity contribution in [3.8, 4) is 0 Å². The van der Waals surface area contributed by atoms with E-state index < -0.39 is 0 Å². The van der Waals surface area contributed by atoms with Crippen LogP contribution in [0.3, 0.4) is 0 Å². The van der Waals surface area contributed by atoms with Gasteiger partial charge in [-0.05, 0) is 31.6 Å². The zero-order valence-corrected chi connectivity index (χ0v) is 12.8. The Labute approximate surface area is 121 Å². The largest absolute Gasteiger partial charge is 0.381 e. The molecule has 0 amide bonds. The van der Waals surface area contributed by atoms with Gasteiger partial charge in [0.1, 0.15) is 18.0 Å². The van der Waals surface area contributed by atoms with Gasteiger partial charge in [-0.25, -0.2) is 9.97 Å². The van der Waals surface area contributed by atoms with Crippen LogP contribution in [0, 0.1) is 5.92 Å². The maximum Gasteiger partial charge on any atom is 0.134 e. The first-order valence-electron chi connectivity index (χ1n) is 7.62. The molecule has 2 N–H and O–H groups in total. The first-order valence-corrected chi connectivity index (χ1v) is 7.62. The molecule has 2 rings (SSSR count). The average Bonchev–Trinajstić information content (AvgIpc) is 2.46. The van der Waals surface area contributed by atoms with Crippen LogP contribution in [0.4, 0.5) is 11.6 Å². The Morgan fingerprint density at radius 1 is 1.30 bits per heavy atom. The molecule has 5 heteroatoms. The molecule has 0 spiro atoms. The lowest BCUT2D eigenvalue weighted by molar-refractivity contribution is 0.0594. The average molecular weight is 278 g/mol. The molecule has 0 aliphatic carbocycles. The molecule has 1 aromatic heterocycles. The van der Waals surface area contributed by atoms with Crippen molar-refractivity contribution in [2.75, 3.05) is 36.9 Å². The molecule has 2 heterocycles. The highest BCUT2D eigenvalue weighted by atomic mass is 16.5. The molecule has 0 aromatic carbocycles. The minimum Gasteiger partial charge on any atom is -0.381 e. The van der Waals surface area contributed by atoms with Gasteiger partial charge in [0.2, 0.25) is 0 Å². The van der Waals surface area contributed by atoms with Crippen LogP contribution in [0.2, 0.25) is 0 Å². The van der Waals surface area contributed by atoms with E-state index in [1.165, 1.54) is 12.0 Å². The molecule has 112 valence electrons. The highest BCUT2D eigenvalue weighted by Gasteiger charge is 2.17. The fourth-order valence-corrected chi connectivity index (χ4v) is 2.60. The van der Waals surface area contributed by atoms with Gasteiger partial charge in [-0.3, -0.25) is 0 Å². The van der Waals surface area contributed by atoms with Crippen LogP contribution in [0.25, 0.3) is 0 Å². The van der Waals surface area contributed by atoms with Gasteiger partial charge in [0, 0.05) is 25.3 Å². The second-order valence-corrected chi connectivity index (χ2v) is 5.63. The second kappa shape index (κ2) is 7.43. The van der Waals surface area contributed by atoms with Gasteiger partial charge >= 0.3 is 0 Å². The summed E-state index contributed by atoms with van der Waals surface area (Å²) in [5, 5.41) is 6.81. The quantitative estimate of drug-likeness (QED) is 0.838. The molecule has 0 radical (unpaired) electrons. The molecule has 0 saturated carbocycles. The topological polar surface area (TPSA) is 59.1 Å². The first-order chi connectivity index (χ1) is 9.72. The normalized spacial score (nSPS) is 19.1. The van der Waals surface area contributed by atoms with Gasteiger partial charge in [0.15, 0.2) is 0 Å². The van der Waals surface area contributed by atoms with Gasteiger partial charge in [-0.2, -0.15) is 0 Å². The second-order valence-electron chi connectivity index (χ2n) is 5.63. The summed E-state index contributed by atoms with van der Waals surface area (Å²) < 4.78 is 5.53. The molecular weight excluding hydrogens is 252 g/mol. The fourth-order valence-electron chi connectivity index (χ4n) is 2.60. The number of nitrogens with one attached hydrogen (secondary N) is 2. The number of hydrogen-bond donors (Lipinski definition) is 2. The zero-order chi connectivity index (χ0) is 14.4. The Morgan fingerprint density at radius 2 is 2.05 bits per heavy atom. The summed E-state index contributed by atoms with van der Waals surface area (Å²) in [5.41, 5.74) is 1.17. The number of rotatable bonds is 6. The number of aromatic nitrogens is 2. The van der Waals surface area contributed by atoms with Crippen molar-refractivity contribution >= 4 is 11.6 Å². The molecule has 1 atom stereocenters. The summed E-state index contributed by atoms with van der Waals surface area (Å²) in [7, 11) is 0. The maximum atomic E-state index is 5.53. The number of nitrogens with zero attached hydrogens (tertiary/aromatic N) is 2. The lowest BCUT2D eigenvalue weighted by atomic mass is 10.0. The fraction of sp³-hybridized carbons (Fsp3) is 0.733. The molecule has 1 aromatic rings. The standard InChI is InChI=1S/C15H26N4O/c1-4-16-14-13(11(2)3)15(19-10-18-14)17-8-12-6-5-7-20-9-12/h10-12H,4-9H2,1-3H3,(H2,16,17,18,19). The van der Waals surface area contributed by atoms with Crippen molar-refractivity contribution in [1.29, 1.82) is 0 Å². The lowest BCUT2D eigenvalue weighted by Gasteiger charge is -2.24. The third kappa shape index (κ3) is 3.82. The Bertz CT molecular complexity index is 416. The van der Waals surface area contributed by atoms with E-state index in [4.69, 9.17) is 4.74 Å². The summed E-state index contributed by atoms with van der Waals surface area (Å²) in [4.78, 5) is 8.78. The molecule has 1 aliphatic heterocycles. The minimum absolute atomic E-state index is 0.385. The molecule has 20 heavy (non-hydrogen) atoms.